The molecule has 0 saturated heterocycles. The second-order valence-electron chi connectivity index (χ2n) is 6.09. The van der Waals surface area contributed by atoms with E-state index in [-0.39, 0.29) is 5.91 Å². The van der Waals surface area contributed by atoms with Gasteiger partial charge in [0.15, 0.2) is 11.5 Å². The van der Waals surface area contributed by atoms with E-state index >= 15 is 0 Å². The van der Waals surface area contributed by atoms with Gasteiger partial charge in [-0.3, -0.25) is 4.79 Å². The molecule has 3 rings (SSSR count). The Balaban J connectivity index is 1.94. The number of oxazole rings is 1. The van der Waals surface area contributed by atoms with Gasteiger partial charge >= 0.3 is 5.97 Å². The standard InChI is InChI=1S/C19H21N3O4/c1-5-6-13-16(19(24)25-4)10(2)20-17(13)18(23)22-12-7-8-14-15(9-12)26-11(3)21-14/h7-9,20H,5-6H2,1-4H3,(H,22,23). The summed E-state index contributed by atoms with van der Waals surface area (Å²) in [6, 6.07) is 5.27. The second kappa shape index (κ2) is 7.03. The molecule has 2 heterocycles. The Bertz CT molecular complexity index is 984. The van der Waals surface area contributed by atoms with Gasteiger partial charge in [0.25, 0.3) is 5.91 Å². The number of anilines is 1. The van der Waals surface area contributed by atoms with Crippen LogP contribution in [0.25, 0.3) is 11.1 Å². The van der Waals surface area contributed by atoms with Gasteiger partial charge in [0.1, 0.15) is 11.2 Å². The molecule has 7 nitrogen and oxygen atoms in total. The highest BCUT2D eigenvalue weighted by atomic mass is 16.5. The van der Waals surface area contributed by atoms with Crippen molar-refractivity contribution in [1.82, 2.24) is 9.97 Å². The van der Waals surface area contributed by atoms with Gasteiger partial charge in [-0.1, -0.05) is 13.3 Å². The number of carbonyl (C=O) groups is 2. The van der Waals surface area contributed by atoms with Gasteiger partial charge in [-0.05, 0) is 31.0 Å². The lowest BCUT2D eigenvalue weighted by Gasteiger charge is -2.07. The van der Waals surface area contributed by atoms with E-state index in [0.29, 0.717) is 46.1 Å². The molecular formula is C19H21N3O4. The number of fused-ring (bicyclic) bond motifs is 1. The molecule has 2 N–H and O–H groups in total. The first-order chi connectivity index (χ1) is 12.4. The highest BCUT2D eigenvalue weighted by Crippen LogP contribution is 2.24. The van der Waals surface area contributed by atoms with E-state index in [0.717, 1.165) is 11.9 Å². The van der Waals surface area contributed by atoms with Gasteiger partial charge in [-0.15, -0.1) is 0 Å². The minimum Gasteiger partial charge on any atom is -0.465 e. The SMILES string of the molecule is CCCc1c(C(=O)Nc2ccc3nc(C)oc3c2)[nH]c(C)c1C(=O)OC. The van der Waals surface area contributed by atoms with E-state index in [9.17, 15) is 9.59 Å². The lowest BCUT2D eigenvalue weighted by atomic mass is 10.0. The zero-order valence-electron chi connectivity index (χ0n) is 15.2. The second-order valence-corrected chi connectivity index (χ2v) is 6.09. The largest absolute Gasteiger partial charge is 0.465 e. The molecule has 2 aromatic heterocycles. The number of amides is 1. The van der Waals surface area contributed by atoms with Crippen LogP contribution in [0, 0.1) is 13.8 Å². The average Bonchev–Trinajstić information content (AvgIpc) is 3.13. The number of esters is 1. The van der Waals surface area contributed by atoms with Crippen molar-refractivity contribution in [2.75, 3.05) is 12.4 Å². The third-order valence-electron chi connectivity index (χ3n) is 4.16. The summed E-state index contributed by atoms with van der Waals surface area (Å²) in [5.74, 6) is -0.196. The molecule has 0 spiro atoms. The fourth-order valence-electron chi connectivity index (χ4n) is 3.06. The maximum atomic E-state index is 12.8. The zero-order valence-corrected chi connectivity index (χ0v) is 15.2. The zero-order chi connectivity index (χ0) is 18.8. The van der Waals surface area contributed by atoms with Crippen LogP contribution < -0.4 is 5.32 Å². The Labute approximate surface area is 150 Å². The van der Waals surface area contributed by atoms with Crippen molar-refractivity contribution < 1.29 is 18.7 Å². The van der Waals surface area contributed by atoms with E-state index in [2.05, 4.69) is 15.3 Å². The number of H-pyrrole nitrogens is 1. The lowest BCUT2D eigenvalue weighted by molar-refractivity contribution is 0.0599. The molecule has 0 bridgehead atoms. The predicted octanol–water partition coefficient (Wildman–Crippen LogP) is 3.76. The summed E-state index contributed by atoms with van der Waals surface area (Å²) in [7, 11) is 1.33. The number of hydrogen-bond acceptors (Lipinski definition) is 5. The van der Waals surface area contributed by atoms with E-state index in [4.69, 9.17) is 9.15 Å². The fraction of sp³-hybridized carbons (Fsp3) is 0.316. The van der Waals surface area contributed by atoms with Crippen molar-refractivity contribution in [2.24, 2.45) is 0 Å². The average molecular weight is 355 g/mol. The molecular weight excluding hydrogens is 334 g/mol. The molecule has 0 atom stereocenters. The summed E-state index contributed by atoms with van der Waals surface area (Å²) >= 11 is 0. The summed E-state index contributed by atoms with van der Waals surface area (Å²) in [6.07, 6.45) is 1.39. The molecule has 7 heteroatoms. The molecule has 0 radical (unpaired) electrons. The Kier molecular flexibility index (Phi) is 4.79. The van der Waals surface area contributed by atoms with Gasteiger partial charge in [0.05, 0.1) is 12.7 Å². The van der Waals surface area contributed by atoms with Crippen LogP contribution in [-0.4, -0.2) is 29.0 Å². The van der Waals surface area contributed by atoms with Crippen molar-refractivity contribution in [3.8, 4) is 0 Å². The Morgan fingerprint density at radius 1 is 1.31 bits per heavy atom. The number of carbonyl (C=O) groups excluding carboxylic acids is 2. The van der Waals surface area contributed by atoms with Crippen molar-refractivity contribution >= 4 is 28.7 Å². The summed E-state index contributed by atoms with van der Waals surface area (Å²) in [5.41, 5.74) is 4.02. The third kappa shape index (κ3) is 3.20. The number of aromatic nitrogens is 2. The van der Waals surface area contributed by atoms with Gasteiger partial charge < -0.3 is 19.5 Å². The van der Waals surface area contributed by atoms with Crippen molar-refractivity contribution in [3.05, 3.63) is 46.6 Å². The van der Waals surface area contributed by atoms with Gasteiger partial charge in [0, 0.05) is 24.4 Å². The molecule has 26 heavy (non-hydrogen) atoms. The van der Waals surface area contributed by atoms with Gasteiger partial charge in [-0.2, -0.15) is 0 Å². The smallest absolute Gasteiger partial charge is 0.339 e. The summed E-state index contributed by atoms with van der Waals surface area (Å²) in [5, 5.41) is 2.85. The first-order valence-electron chi connectivity index (χ1n) is 8.42. The Morgan fingerprint density at radius 2 is 2.08 bits per heavy atom. The van der Waals surface area contributed by atoms with Gasteiger partial charge in [-0.25, -0.2) is 9.78 Å². The van der Waals surface area contributed by atoms with Crippen LogP contribution in [0.2, 0.25) is 0 Å². The van der Waals surface area contributed by atoms with E-state index < -0.39 is 5.97 Å². The molecule has 0 aliphatic carbocycles. The highest BCUT2D eigenvalue weighted by molar-refractivity contribution is 6.07. The number of nitrogens with one attached hydrogen (secondary N) is 2. The van der Waals surface area contributed by atoms with Crippen LogP contribution in [0.5, 0.6) is 0 Å². The number of aromatic amines is 1. The number of methoxy groups -OCH3 is 1. The normalized spacial score (nSPS) is 10.9. The van der Waals surface area contributed by atoms with Crippen molar-refractivity contribution in [3.63, 3.8) is 0 Å². The Hall–Kier alpha value is -3.09. The first-order valence-corrected chi connectivity index (χ1v) is 8.42. The topological polar surface area (TPSA) is 97.2 Å². The number of aryl methyl sites for hydroxylation is 2. The molecule has 0 fully saturated rings. The predicted molar refractivity (Wildman–Crippen MR) is 97.6 cm³/mol. The number of ether oxygens (including phenoxy) is 1. The van der Waals surface area contributed by atoms with Crippen LogP contribution in [0.1, 0.15) is 51.3 Å². The number of rotatable bonds is 5. The number of hydrogen-bond donors (Lipinski definition) is 2. The van der Waals surface area contributed by atoms with E-state index in [1.54, 1.807) is 32.0 Å². The molecule has 136 valence electrons. The molecule has 0 unspecified atom stereocenters. The monoisotopic (exact) mass is 355 g/mol. The minimum absolute atomic E-state index is 0.317. The van der Waals surface area contributed by atoms with Crippen molar-refractivity contribution in [2.45, 2.75) is 33.6 Å². The first kappa shape index (κ1) is 17.7. The number of nitrogens with zero attached hydrogens (tertiary/aromatic N) is 1. The van der Waals surface area contributed by atoms with Crippen molar-refractivity contribution in [1.29, 1.82) is 0 Å². The van der Waals surface area contributed by atoms with Crippen LogP contribution in [0.3, 0.4) is 0 Å². The summed E-state index contributed by atoms with van der Waals surface area (Å²) < 4.78 is 10.4. The molecule has 0 aliphatic rings. The fourth-order valence-corrected chi connectivity index (χ4v) is 3.06. The number of benzene rings is 1. The molecule has 3 aromatic rings. The van der Waals surface area contributed by atoms with Crippen LogP contribution in [0.4, 0.5) is 5.69 Å². The highest BCUT2D eigenvalue weighted by Gasteiger charge is 2.24. The molecule has 0 saturated carbocycles. The van der Waals surface area contributed by atoms with Crippen LogP contribution in [-0.2, 0) is 11.2 Å². The summed E-state index contributed by atoms with van der Waals surface area (Å²) in [6.45, 7) is 5.52. The third-order valence-corrected chi connectivity index (χ3v) is 4.16. The maximum absolute atomic E-state index is 12.8. The van der Waals surface area contributed by atoms with Crippen LogP contribution in [0.15, 0.2) is 22.6 Å². The Morgan fingerprint density at radius 3 is 2.77 bits per heavy atom. The molecule has 1 amide bonds. The van der Waals surface area contributed by atoms with E-state index in [1.807, 2.05) is 6.92 Å². The molecule has 0 aliphatic heterocycles. The molecule has 1 aromatic carbocycles. The quantitative estimate of drug-likeness (QED) is 0.679. The van der Waals surface area contributed by atoms with E-state index in [1.165, 1.54) is 7.11 Å². The lowest BCUT2D eigenvalue weighted by Crippen LogP contribution is -2.15. The van der Waals surface area contributed by atoms with Crippen LogP contribution >= 0.6 is 0 Å². The van der Waals surface area contributed by atoms with Gasteiger partial charge in [0.2, 0.25) is 0 Å². The summed E-state index contributed by atoms with van der Waals surface area (Å²) in [4.78, 5) is 32.1. The minimum atomic E-state index is -0.445. The maximum Gasteiger partial charge on any atom is 0.339 e.